The summed E-state index contributed by atoms with van der Waals surface area (Å²) >= 11 is 0. The summed E-state index contributed by atoms with van der Waals surface area (Å²) in [5.74, 6) is 1.23. The lowest BCUT2D eigenvalue weighted by Gasteiger charge is -2.36. The summed E-state index contributed by atoms with van der Waals surface area (Å²) in [7, 11) is 0. The van der Waals surface area contributed by atoms with Crippen molar-refractivity contribution in [1.82, 2.24) is 4.57 Å². The van der Waals surface area contributed by atoms with Crippen LogP contribution in [0.2, 0.25) is 0 Å². The summed E-state index contributed by atoms with van der Waals surface area (Å²) in [4.78, 5) is 2.74. The summed E-state index contributed by atoms with van der Waals surface area (Å²) in [6.45, 7) is 0. The van der Waals surface area contributed by atoms with Crippen molar-refractivity contribution >= 4 is 33.9 Å². The van der Waals surface area contributed by atoms with Gasteiger partial charge in [0.05, 0.1) is 5.52 Å². The largest absolute Gasteiger partial charge is 0.341 e. The highest BCUT2D eigenvalue weighted by Crippen LogP contribution is 2.52. The molecule has 1 aromatic heterocycles. The molecule has 220 valence electrons. The van der Waals surface area contributed by atoms with E-state index in [4.69, 9.17) is 0 Å². The Morgan fingerprint density at radius 3 is 2.41 bits per heavy atom. The van der Waals surface area contributed by atoms with E-state index in [1.165, 1.54) is 82.5 Å². The third-order valence-corrected chi connectivity index (χ3v) is 11.2. The van der Waals surface area contributed by atoms with E-state index in [9.17, 15) is 0 Å². The van der Waals surface area contributed by atoms with Gasteiger partial charge >= 0.3 is 0 Å². The van der Waals surface area contributed by atoms with Crippen LogP contribution in [-0.2, 0) is 6.42 Å². The molecule has 2 aromatic carbocycles. The number of hydrogen-bond donors (Lipinski definition) is 0. The van der Waals surface area contributed by atoms with Crippen molar-refractivity contribution in [3.63, 3.8) is 0 Å². The second kappa shape index (κ2) is 10.8. The molecule has 3 atom stereocenters. The Labute approximate surface area is 262 Å². The molecular weight excluding hydrogens is 532 g/mol. The number of fused-ring (bicyclic) bond motifs is 6. The summed E-state index contributed by atoms with van der Waals surface area (Å²) in [6, 6.07) is 17.1. The van der Waals surface area contributed by atoms with Gasteiger partial charge in [-0.3, -0.25) is 0 Å². The highest BCUT2D eigenvalue weighted by atomic mass is 15.2. The Kier molecular flexibility index (Phi) is 6.50. The van der Waals surface area contributed by atoms with Crippen LogP contribution < -0.4 is 4.90 Å². The Balaban J connectivity index is 1.14. The highest BCUT2D eigenvalue weighted by Gasteiger charge is 2.41. The number of nitrogens with zero attached hydrogens (tertiary/aromatic N) is 2. The molecule has 2 heteroatoms. The molecule has 6 aliphatic rings. The van der Waals surface area contributed by atoms with Crippen molar-refractivity contribution in [2.45, 2.75) is 82.6 Å². The van der Waals surface area contributed by atoms with Crippen LogP contribution >= 0.6 is 0 Å². The third-order valence-electron chi connectivity index (χ3n) is 11.2. The van der Waals surface area contributed by atoms with Gasteiger partial charge in [-0.2, -0.15) is 0 Å². The second-order valence-electron chi connectivity index (χ2n) is 13.6. The normalized spacial score (nSPS) is 25.6. The zero-order chi connectivity index (χ0) is 29.0. The van der Waals surface area contributed by atoms with Gasteiger partial charge in [0, 0.05) is 45.7 Å². The van der Waals surface area contributed by atoms with Crippen molar-refractivity contribution in [2.24, 2.45) is 5.92 Å². The van der Waals surface area contributed by atoms with Gasteiger partial charge in [-0.05, 0) is 130 Å². The van der Waals surface area contributed by atoms with Crippen LogP contribution in [0.4, 0.5) is 5.69 Å². The predicted octanol–water partition coefficient (Wildman–Crippen LogP) is 10.9. The highest BCUT2D eigenvalue weighted by molar-refractivity contribution is 5.99. The number of benzene rings is 2. The second-order valence-corrected chi connectivity index (χ2v) is 13.6. The molecule has 2 nitrogen and oxygen atoms in total. The number of rotatable bonds is 4. The maximum atomic E-state index is 2.74. The molecule has 0 saturated carbocycles. The molecule has 2 heterocycles. The van der Waals surface area contributed by atoms with E-state index in [-0.39, 0.29) is 0 Å². The first kappa shape index (κ1) is 26.4. The Bertz CT molecular complexity index is 1860. The number of hydrogen-bond acceptors (Lipinski definition) is 1. The first-order valence-electron chi connectivity index (χ1n) is 17.2. The van der Waals surface area contributed by atoms with Crippen molar-refractivity contribution in [1.29, 1.82) is 0 Å². The molecular formula is C42H42N2. The van der Waals surface area contributed by atoms with Gasteiger partial charge in [0.2, 0.25) is 0 Å². The van der Waals surface area contributed by atoms with E-state index in [1.54, 1.807) is 11.1 Å². The van der Waals surface area contributed by atoms with Crippen LogP contribution in [0.3, 0.4) is 0 Å². The van der Waals surface area contributed by atoms with E-state index < -0.39 is 0 Å². The van der Waals surface area contributed by atoms with Gasteiger partial charge < -0.3 is 9.47 Å². The average Bonchev–Trinajstić information content (AvgIpc) is 3.61. The topological polar surface area (TPSA) is 8.17 Å². The fourth-order valence-electron chi connectivity index (χ4n) is 9.11. The van der Waals surface area contributed by atoms with E-state index >= 15 is 0 Å². The lowest BCUT2D eigenvalue weighted by Crippen LogP contribution is -2.35. The van der Waals surface area contributed by atoms with Crippen LogP contribution in [0.15, 0.2) is 108 Å². The molecule has 1 aliphatic heterocycles. The van der Waals surface area contributed by atoms with Crippen LogP contribution in [0.25, 0.3) is 28.2 Å². The molecule has 3 aromatic rings. The maximum absolute atomic E-state index is 2.74. The minimum absolute atomic E-state index is 0.486. The van der Waals surface area contributed by atoms with Crippen molar-refractivity contribution < 1.29 is 0 Å². The molecule has 0 radical (unpaired) electrons. The average molecular weight is 575 g/mol. The zero-order valence-electron chi connectivity index (χ0n) is 25.7. The van der Waals surface area contributed by atoms with Crippen LogP contribution in [0.5, 0.6) is 0 Å². The Morgan fingerprint density at radius 1 is 0.727 bits per heavy atom. The third kappa shape index (κ3) is 4.29. The minimum Gasteiger partial charge on any atom is -0.341 e. The van der Waals surface area contributed by atoms with Gasteiger partial charge in [-0.1, -0.05) is 72.4 Å². The van der Waals surface area contributed by atoms with Gasteiger partial charge in [0.15, 0.2) is 0 Å². The molecule has 5 aliphatic carbocycles. The molecule has 3 unspecified atom stereocenters. The summed E-state index contributed by atoms with van der Waals surface area (Å²) in [5.41, 5.74) is 14.9. The van der Waals surface area contributed by atoms with Gasteiger partial charge in [-0.15, -0.1) is 0 Å². The maximum Gasteiger partial charge on any atom is 0.0534 e. The van der Waals surface area contributed by atoms with Crippen LogP contribution in [0, 0.1) is 5.92 Å². The minimum atomic E-state index is 0.486. The van der Waals surface area contributed by atoms with Crippen molar-refractivity contribution in [3.05, 3.63) is 131 Å². The SMILES string of the molecule is C1=CCCC(N2c3ccc(C4=Cc5c(n(C6=CC=CCC6)c6ccccc56)CC4)cc3C3C=C(C4CC=CCC4)CCC32)=C1. The van der Waals surface area contributed by atoms with Gasteiger partial charge in [0.25, 0.3) is 0 Å². The van der Waals surface area contributed by atoms with E-state index in [1.807, 2.05) is 0 Å². The molecule has 0 N–H and O–H groups in total. The standard InChI is InChI=1S/C42H42N2/c1-4-12-29(13-5-1)30-20-23-41-37(26-30)38-28-32(22-25-42(38)44(41)34-16-8-3-9-17-34)31-21-24-40-36(27-31)35-18-10-11-19-39(35)43(40)33-14-6-2-7-15-33/h1-4,6,8,10-11,14,16,18-19,22,25-29,37,41H,5,7,9,12-13,15,17,20-21,23-24H2. The molecule has 0 spiro atoms. The lowest BCUT2D eigenvalue weighted by molar-refractivity contribution is 0.467. The van der Waals surface area contributed by atoms with E-state index in [0.29, 0.717) is 12.0 Å². The smallest absolute Gasteiger partial charge is 0.0534 e. The summed E-state index contributed by atoms with van der Waals surface area (Å²) in [5, 5.41) is 1.39. The van der Waals surface area contributed by atoms with E-state index in [0.717, 1.165) is 44.4 Å². The van der Waals surface area contributed by atoms with E-state index in [2.05, 4.69) is 113 Å². The molecule has 0 bridgehead atoms. The monoisotopic (exact) mass is 574 g/mol. The quantitative estimate of drug-likeness (QED) is 0.281. The number of allylic oxidation sites excluding steroid dienone is 12. The van der Waals surface area contributed by atoms with Crippen LogP contribution in [0.1, 0.15) is 92.5 Å². The summed E-state index contributed by atoms with van der Waals surface area (Å²) in [6.07, 6.45) is 36.9. The molecule has 0 fully saturated rings. The fraction of sp³-hybridized carbons (Fsp3) is 0.333. The Hall–Kier alpha value is -4.04. The zero-order valence-corrected chi connectivity index (χ0v) is 25.7. The molecule has 9 rings (SSSR count). The number of anilines is 1. The molecule has 44 heavy (non-hydrogen) atoms. The predicted molar refractivity (Wildman–Crippen MR) is 186 cm³/mol. The Morgan fingerprint density at radius 2 is 1.59 bits per heavy atom. The molecule has 0 amide bonds. The molecule has 0 saturated heterocycles. The van der Waals surface area contributed by atoms with Crippen molar-refractivity contribution in [3.8, 4) is 0 Å². The van der Waals surface area contributed by atoms with Crippen molar-refractivity contribution in [2.75, 3.05) is 4.90 Å². The number of para-hydroxylation sites is 1. The van der Waals surface area contributed by atoms with Crippen LogP contribution in [-0.4, -0.2) is 10.6 Å². The number of aromatic nitrogens is 1. The fourth-order valence-corrected chi connectivity index (χ4v) is 9.11. The van der Waals surface area contributed by atoms with Gasteiger partial charge in [-0.25, -0.2) is 0 Å². The summed E-state index contributed by atoms with van der Waals surface area (Å²) < 4.78 is 2.58. The first-order chi connectivity index (χ1) is 21.8. The van der Waals surface area contributed by atoms with Gasteiger partial charge in [0.1, 0.15) is 0 Å². The first-order valence-corrected chi connectivity index (χ1v) is 17.2. The lowest BCUT2D eigenvalue weighted by atomic mass is 9.76.